The number of hydrogen-bond donors (Lipinski definition) is 0. The van der Waals surface area contributed by atoms with Crippen LogP contribution in [0.5, 0.6) is 0 Å². The van der Waals surface area contributed by atoms with Crippen LogP contribution in [0.15, 0.2) is 0 Å². The summed E-state index contributed by atoms with van der Waals surface area (Å²) in [6.45, 7) is 0. The number of carbonyl (C=O) groups excluding carboxylic acids is 1. The molecule has 0 aliphatic rings. The van der Waals surface area contributed by atoms with E-state index in [-0.39, 0.29) is 17.3 Å². The van der Waals surface area contributed by atoms with Crippen LogP contribution in [-0.2, 0) is 4.79 Å². The summed E-state index contributed by atoms with van der Waals surface area (Å²) in [7, 11) is 0. The molecule has 0 saturated heterocycles. The third-order valence-corrected chi connectivity index (χ3v) is 1.79. The molecule has 0 bridgehead atoms. The molecular weight excluding hydrogens is 168 g/mol. The number of Topliss-reactive ketones (excluding diaryl/α,β-unsaturated/α-hetero) is 1. The molecule has 0 N–H and O–H groups in total. The SMILES string of the molecule is N#CSCC(=O)CSC#N. The lowest BCUT2D eigenvalue weighted by atomic mass is 10.5. The molecule has 0 spiro atoms. The normalized spacial score (nSPS) is 7.80. The molecule has 0 atom stereocenters. The van der Waals surface area contributed by atoms with Crippen molar-refractivity contribution in [1.82, 2.24) is 0 Å². The van der Waals surface area contributed by atoms with Gasteiger partial charge in [0, 0.05) is 0 Å². The van der Waals surface area contributed by atoms with Gasteiger partial charge < -0.3 is 0 Å². The maximum Gasteiger partial charge on any atom is 0.154 e. The van der Waals surface area contributed by atoms with Crippen molar-refractivity contribution in [2.24, 2.45) is 0 Å². The summed E-state index contributed by atoms with van der Waals surface area (Å²) >= 11 is 1.80. The summed E-state index contributed by atoms with van der Waals surface area (Å²) in [6.07, 6.45) is 0. The van der Waals surface area contributed by atoms with Gasteiger partial charge in [-0.15, -0.1) is 0 Å². The van der Waals surface area contributed by atoms with Crippen molar-refractivity contribution >= 4 is 29.3 Å². The van der Waals surface area contributed by atoms with Gasteiger partial charge in [0.05, 0.1) is 11.5 Å². The molecule has 0 amide bonds. The second-order valence-corrected chi connectivity index (χ2v) is 2.82. The number of ketones is 1. The van der Waals surface area contributed by atoms with E-state index < -0.39 is 0 Å². The number of nitrogens with zero attached hydrogens (tertiary/aromatic N) is 2. The minimum atomic E-state index is -0.0712. The van der Waals surface area contributed by atoms with Gasteiger partial charge in [0.25, 0.3) is 0 Å². The van der Waals surface area contributed by atoms with Crippen LogP contribution in [0.2, 0.25) is 0 Å². The predicted molar refractivity (Wildman–Crippen MR) is 41.1 cm³/mol. The fourth-order valence-electron chi connectivity index (χ4n) is 0.267. The van der Waals surface area contributed by atoms with Crippen LogP contribution in [0.4, 0.5) is 0 Å². The van der Waals surface area contributed by atoms with Gasteiger partial charge >= 0.3 is 0 Å². The van der Waals surface area contributed by atoms with E-state index in [0.717, 1.165) is 23.5 Å². The number of thiocyanates is 2. The largest absolute Gasteiger partial charge is 0.298 e. The van der Waals surface area contributed by atoms with E-state index in [0.29, 0.717) is 0 Å². The Hall–Kier alpha value is -0.650. The van der Waals surface area contributed by atoms with Gasteiger partial charge in [-0.1, -0.05) is 0 Å². The second kappa shape index (κ2) is 6.47. The van der Waals surface area contributed by atoms with Gasteiger partial charge in [-0.25, -0.2) is 0 Å². The average Bonchev–Trinajstić information content (AvgIpc) is 1.97. The van der Waals surface area contributed by atoms with Gasteiger partial charge in [0.2, 0.25) is 0 Å². The summed E-state index contributed by atoms with van der Waals surface area (Å²) in [5.41, 5.74) is 0. The number of carbonyl (C=O) groups is 1. The van der Waals surface area contributed by atoms with E-state index >= 15 is 0 Å². The molecule has 52 valence electrons. The fourth-order valence-corrected chi connectivity index (χ4v) is 1.05. The predicted octanol–water partition coefficient (Wildman–Crippen LogP) is 0.984. The van der Waals surface area contributed by atoms with Crippen LogP contribution >= 0.6 is 23.5 Å². The zero-order valence-corrected chi connectivity index (χ0v) is 6.67. The van der Waals surface area contributed by atoms with Gasteiger partial charge in [-0.05, 0) is 23.5 Å². The first kappa shape index (κ1) is 9.35. The van der Waals surface area contributed by atoms with E-state index in [9.17, 15) is 4.79 Å². The third-order valence-electron chi connectivity index (χ3n) is 0.595. The van der Waals surface area contributed by atoms with Crippen LogP contribution in [0, 0.1) is 21.3 Å². The van der Waals surface area contributed by atoms with Gasteiger partial charge in [0.1, 0.15) is 10.8 Å². The van der Waals surface area contributed by atoms with Crippen LogP contribution in [0.1, 0.15) is 0 Å². The molecule has 0 aromatic rings. The van der Waals surface area contributed by atoms with Crippen molar-refractivity contribution in [2.75, 3.05) is 11.5 Å². The number of hydrogen-bond acceptors (Lipinski definition) is 5. The highest BCUT2D eigenvalue weighted by Crippen LogP contribution is 2.01. The van der Waals surface area contributed by atoms with E-state index in [1.807, 2.05) is 0 Å². The summed E-state index contributed by atoms with van der Waals surface area (Å²) in [6, 6.07) is 0. The molecule has 0 aliphatic carbocycles. The Labute approximate surface area is 67.4 Å². The average molecular weight is 172 g/mol. The van der Waals surface area contributed by atoms with E-state index in [1.54, 1.807) is 10.8 Å². The third kappa shape index (κ3) is 5.49. The van der Waals surface area contributed by atoms with Crippen molar-refractivity contribution in [3.05, 3.63) is 0 Å². The van der Waals surface area contributed by atoms with Crippen LogP contribution in [-0.4, -0.2) is 17.3 Å². The Balaban J connectivity index is 3.30. The number of nitriles is 2. The van der Waals surface area contributed by atoms with Crippen molar-refractivity contribution in [2.45, 2.75) is 0 Å². The Kier molecular flexibility index (Phi) is 6.05. The van der Waals surface area contributed by atoms with Gasteiger partial charge in [-0.2, -0.15) is 10.5 Å². The summed E-state index contributed by atoms with van der Waals surface area (Å²) in [5.74, 6) is 0.300. The Morgan fingerprint density at radius 2 is 1.60 bits per heavy atom. The summed E-state index contributed by atoms with van der Waals surface area (Å²) < 4.78 is 0. The van der Waals surface area contributed by atoms with Crippen LogP contribution in [0.25, 0.3) is 0 Å². The first-order chi connectivity index (χ1) is 4.81. The highest BCUT2D eigenvalue weighted by molar-refractivity contribution is 8.05. The summed E-state index contributed by atoms with van der Waals surface area (Å²) in [4.78, 5) is 10.6. The molecular formula is C5H4N2OS2. The summed E-state index contributed by atoms with van der Waals surface area (Å²) in [5, 5.41) is 19.6. The standard InChI is InChI=1S/C5H4N2OS2/c6-3-9-1-5(8)2-10-4-7/h1-2H2. The molecule has 0 aliphatic heterocycles. The molecule has 0 saturated carbocycles. The van der Waals surface area contributed by atoms with Gasteiger partial charge in [0.15, 0.2) is 5.78 Å². The molecule has 3 nitrogen and oxygen atoms in total. The van der Waals surface area contributed by atoms with Crippen LogP contribution in [0.3, 0.4) is 0 Å². The quantitative estimate of drug-likeness (QED) is 0.591. The van der Waals surface area contributed by atoms with Crippen LogP contribution < -0.4 is 0 Å². The highest BCUT2D eigenvalue weighted by Gasteiger charge is 2.00. The smallest absolute Gasteiger partial charge is 0.154 e. The molecule has 0 radical (unpaired) electrons. The second-order valence-electron chi connectivity index (χ2n) is 1.30. The zero-order chi connectivity index (χ0) is 7.82. The minimum Gasteiger partial charge on any atom is -0.298 e. The van der Waals surface area contributed by atoms with Gasteiger partial charge in [-0.3, -0.25) is 4.79 Å². The highest BCUT2D eigenvalue weighted by atomic mass is 32.2. The minimum absolute atomic E-state index is 0.0712. The molecule has 10 heavy (non-hydrogen) atoms. The van der Waals surface area contributed by atoms with E-state index in [1.165, 1.54) is 0 Å². The lowest BCUT2D eigenvalue weighted by Crippen LogP contribution is -2.02. The molecule has 0 aromatic heterocycles. The van der Waals surface area contributed by atoms with Crippen molar-refractivity contribution in [1.29, 1.82) is 10.5 Å². The lowest BCUT2D eigenvalue weighted by molar-refractivity contribution is -0.114. The maximum atomic E-state index is 10.6. The molecule has 0 aromatic carbocycles. The molecule has 0 unspecified atom stereocenters. The van der Waals surface area contributed by atoms with Crippen molar-refractivity contribution in [3.8, 4) is 10.8 Å². The Morgan fingerprint density at radius 3 is 1.90 bits per heavy atom. The van der Waals surface area contributed by atoms with Crippen molar-refractivity contribution in [3.63, 3.8) is 0 Å². The lowest BCUT2D eigenvalue weighted by Gasteiger charge is -1.88. The first-order valence-corrected chi connectivity index (χ1v) is 4.32. The molecule has 0 heterocycles. The van der Waals surface area contributed by atoms with E-state index in [2.05, 4.69) is 0 Å². The molecule has 5 heteroatoms. The Bertz CT molecular complexity index is 171. The fraction of sp³-hybridized carbons (Fsp3) is 0.400. The van der Waals surface area contributed by atoms with Crippen molar-refractivity contribution < 1.29 is 4.79 Å². The maximum absolute atomic E-state index is 10.6. The monoisotopic (exact) mass is 172 g/mol. The number of rotatable bonds is 4. The Morgan fingerprint density at radius 1 is 1.20 bits per heavy atom. The van der Waals surface area contributed by atoms with E-state index in [4.69, 9.17) is 10.5 Å². The molecule has 0 rings (SSSR count). The first-order valence-electron chi connectivity index (χ1n) is 2.34. The zero-order valence-electron chi connectivity index (χ0n) is 5.03. The molecule has 0 fully saturated rings. The topological polar surface area (TPSA) is 64.7 Å². The number of thioether (sulfide) groups is 2.